The second kappa shape index (κ2) is 6.62. The summed E-state index contributed by atoms with van der Waals surface area (Å²) in [7, 11) is 0. The molecule has 0 N–H and O–H groups in total. The van der Waals surface area contributed by atoms with Crippen LogP contribution >= 0.6 is 0 Å². The van der Waals surface area contributed by atoms with Gasteiger partial charge in [-0.1, -0.05) is 13.0 Å². The Bertz CT molecular complexity index is 216. The summed E-state index contributed by atoms with van der Waals surface area (Å²) < 4.78 is 0. The third-order valence-corrected chi connectivity index (χ3v) is 2.79. The van der Waals surface area contributed by atoms with Gasteiger partial charge in [-0.05, 0) is 12.8 Å². The zero-order chi connectivity index (χ0) is 11.1. The van der Waals surface area contributed by atoms with Crippen LogP contribution in [0.2, 0.25) is 0 Å². The van der Waals surface area contributed by atoms with Gasteiger partial charge in [-0.25, -0.2) is 0 Å². The van der Waals surface area contributed by atoms with Crippen molar-refractivity contribution in [2.24, 2.45) is 0 Å². The van der Waals surface area contributed by atoms with Gasteiger partial charge in [-0.3, -0.25) is 9.69 Å². The Kier molecular flexibility index (Phi) is 5.40. The summed E-state index contributed by atoms with van der Waals surface area (Å²) in [4.78, 5) is 16.1. The van der Waals surface area contributed by atoms with Gasteiger partial charge >= 0.3 is 0 Å². The SMILES string of the molecule is C=CCN1CCCN(C(=O)CCC)CC1. The van der Waals surface area contributed by atoms with Crippen LogP contribution in [0.3, 0.4) is 0 Å². The lowest BCUT2D eigenvalue weighted by Crippen LogP contribution is -2.35. The molecule has 0 spiro atoms. The molecule has 3 heteroatoms. The molecule has 0 radical (unpaired) electrons. The normalized spacial score (nSPS) is 18.6. The molecule has 3 nitrogen and oxygen atoms in total. The Morgan fingerprint density at radius 1 is 1.33 bits per heavy atom. The van der Waals surface area contributed by atoms with Gasteiger partial charge in [0.2, 0.25) is 5.91 Å². The van der Waals surface area contributed by atoms with Crippen molar-refractivity contribution in [1.82, 2.24) is 9.80 Å². The second-order valence-corrected chi connectivity index (χ2v) is 4.07. The highest BCUT2D eigenvalue weighted by atomic mass is 16.2. The molecule has 0 saturated carbocycles. The number of nitrogens with zero attached hydrogens (tertiary/aromatic N) is 2. The van der Waals surface area contributed by atoms with Crippen LogP contribution in [0, 0.1) is 0 Å². The minimum atomic E-state index is 0.318. The van der Waals surface area contributed by atoms with Crippen molar-refractivity contribution in [3.05, 3.63) is 12.7 Å². The summed E-state index contributed by atoms with van der Waals surface area (Å²) in [6.45, 7) is 10.6. The Morgan fingerprint density at radius 3 is 2.80 bits per heavy atom. The highest BCUT2D eigenvalue weighted by Crippen LogP contribution is 2.05. The van der Waals surface area contributed by atoms with E-state index in [-0.39, 0.29) is 0 Å². The summed E-state index contributed by atoms with van der Waals surface area (Å²) in [5.41, 5.74) is 0. The van der Waals surface area contributed by atoms with Crippen LogP contribution < -0.4 is 0 Å². The number of hydrogen-bond donors (Lipinski definition) is 0. The third kappa shape index (κ3) is 4.04. The molecule has 15 heavy (non-hydrogen) atoms. The van der Waals surface area contributed by atoms with E-state index in [1.54, 1.807) is 0 Å². The summed E-state index contributed by atoms with van der Waals surface area (Å²) in [5, 5.41) is 0. The van der Waals surface area contributed by atoms with E-state index in [1.807, 2.05) is 11.0 Å². The molecule has 0 atom stereocenters. The molecule has 1 rings (SSSR count). The van der Waals surface area contributed by atoms with Gasteiger partial charge in [0.25, 0.3) is 0 Å². The lowest BCUT2D eigenvalue weighted by Gasteiger charge is -2.21. The molecular formula is C12H22N2O. The zero-order valence-electron chi connectivity index (χ0n) is 9.74. The maximum absolute atomic E-state index is 11.7. The standard InChI is InChI=1S/C12H22N2O/c1-3-6-12(15)14-9-5-8-13(7-4-2)10-11-14/h4H,2-3,5-11H2,1H3. The maximum atomic E-state index is 11.7. The van der Waals surface area contributed by atoms with E-state index in [4.69, 9.17) is 0 Å². The van der Waals surface area contributed by atoms with Gasteiger partial charge < -0.3 is 4.90 Å². The molecule has 86 valence electrons. The molecule has 1 aliphatic rings. The molecule has 1 aliphatic heterocycles. The average molecular weight is 210 g/mol. The molecule has 0 aromatic heterocycles. The summed E-state index contributed by atoms with van der Waals surface area (Å²) in [5.74, 6) is 0.318. The van der Waals surface area contributed by atoms with Crippen molar-refractivity contribution < 1.29 is 4.79 Å². The van der Waals surface area contributed by atoms with Crippen LogP contribution in [-0.2, 0) is 4.79 Å². The van der Waals surface area contributed by atoms with Crippen molar-refractivity contribution in [2.45, 2.75) is 26.2 Å². The number of amides is 1. The highest BCUT2D eigenvalue weighted by molar-refractivity contribution is 5.76. The van der Waals surface area contributed by atoms with Gasteiger partial charge in [0.1, 0.15) is 0 Å². The Balaban J connectivity index is 2.38. The predicted octanol–water partition coefficient (Wildman–Crippen LogP) is 1.51. The molecule has 1 saturated heterocycles. The van der Waals surface area contributed by atoms with E-state index in [0.29, 0.717) is 12.3 Å². The fourth-order valence-corrected chi connectivity index (χ4v) is 1.96. The first-order valence-corrected chi connectivity index (χ1v) is 5.89. The Hall–Kier alpha value is -0.830. The fraction of sp³-hybridized carbons (Fsp3) is 0.750. The molecule has 0 unspecified atom stereocenters. The molecule has 0 aliphatic carbocycles. The smallest absolute Gasteiger partial charge is 0.222 e. The van der Waals surface area contributed by atoms with Crippen molar-refractivity contribution in [3.8, 4) is 0 Å². The highest BCUT2D eigenvalue weighted by Gasteiger charge is 2.17. The monoisotopic (exact) mass is 210 g/mol. The van der Waals surface area contributed by atoms with Crippen molar-refractivity contribution in [1.29, 1.82) is 0 Å². The second-order valence-electron chi connectivity index (χ2n) is 4.07. The van der Waals surface area contributed by atoms with Crippen LogP contribution in [0.5, 0.6) is 0 Å². The van der Waals surface area contributed by atoms with Crippen LogP contribution in [0.15, 0.2) is 12.7 Å². The molecule has 0 bridgehead atoms. The Morgan fingerprint density at radius 2 is 2.13 bits per heavy atom. The van der Waals surface area contributed by atoms with Gasteiger partial charge in [-0.2, -0.15) is 0 Å². The van der Waals surface area contributed by atoms with Crippen LogP contribution in [0.25, 0.3) is 0 Å². The van der Waals surface area contributed by atoms with E-state index >= 15 is 0 Å². The van der Waals surface area contributed by atoms with Crippen molar-refractivity contribution >= 4 is 5.91 Å². The quantitative estimate of drug-likeness (QED) is 0.657. The lowest BCUT2D eigenvalue weighted by molar-refractivity contribution is -0.131. The van der Waals surface area contributed by atoms with Crippen LogP contribution in [0.4, 0.5) is 0 Å². The molecule has 1 amide bonds. The van der Waals surface area contributed by atoms with E-state index in [0.717, 1.165) is 45.6 Å². The third-order valence-electron chi connectivity index (χ3n) is 2.79. The van der Waals surface area contributed by atoms with E-state index in [9.17, 15) is 4.79 Å². The topological polar surface area (TPSA) is 23.6 Å². The molecular weight excluding hydrogens is 188 g/mol. The van der Waals surface area contributed by atoms with Crippen molar-refractivity contribution in [3.63, 3.8) is 0 Å². The van der Waals surface area contributed by atoms with Gasteiger partial charge in [0.15, 0.2) is 0 Å². The zero-order valence-corrected chi connectivity index (χ0v) is 9.74. The summed E-state index contributed by atoms with van der Waals surface area (Å²) in [6, 6.07) is 0. The molecule has 0 aromatic carbocycles. The van der Waals surface area contributed by atoms with E-state index < -0.39 is 0 Å². The molecule has 1 fully saturated rings. The minimum absolute atomic E-state index is 0.318. The summed E-state index contributed by atoms with van der Waals surface area (Å²) in [6.07, 6.45) is 4.67. The average Bonchev–Trinajstić information content (AvgIpc) is 2.44. The Labute approximate surface area is 92.7 Å². The largest absolute Gasteiger partial charge is 0.341 e. The number of hydrogen-bond acceptors (Lipinski definition) is 2. The number of carbonyl (C=O) groups excluding carboxylic acids is 1. The first kappa shape index (κ1) is 12.2. The molecule has 1 heterocycles. The van der Waals surface area contributed by atoms with E-state index in [1.165, 1.54) is 0 Å². The van der Waals surface area contributed by atoms with Crippen molar-refractivity contribution in [2.75, 3.05) is 32.7 Å². The van der Waals surface area contributed by atoms with Crippen LogP contribution in [-0.4, -0.2) is 48.4 Å². The maximum Gasteiger partial charge on any atom is 0.222 e. The predicted molar refractivity (Wildman–Crippen MR) is 62.7 cm³/mol. The lowest BCUT2D eigenvalue weighted by atomic mass is 10.3. The van der Waals surface area contributed by atoms with Crippen LogP contribution in [0.1, 0.15) is 26.2 Å². The molecule has 0 aromatic rings. The minimum Gasteiger partial charge on any atom is -0.341 e. The van der Waals surface area contributed by atoms with Gasteiger partial charge in [0, 0.05) is 39.1 Å². The first-order chi connectivity index (χ1) is 7.27. The first-order valence-electron chi connectivity index (χ1n) is 5.89. The van der Waals surface area contributed by atoms with Gasteiger partial charge in [-0.15, -0.1) is 6.58 Å². The number of rotatable bonds is 4. The van der Waals surface area contributed by atoms with Gasteiger partial charge in [0.05, 0.1) is 0 Å². The summed E-state index contributed by atoms with van der Waals surface area (Å²) >= 11 is 0. The number of carbonyl (C=O) groups is 1. The fourth-order valence-electron chi connectivity index (χ4n) is 1.96. The van der Waals surface area contributed by atoms with E-state index in [2.05, 4.69) is 18.4 Å².